The van der Waals surface area contributed by atoms with Crippen LogP contribution >= 0.6 is 11.8 Å². The molecule has 0 bridgehead atoms. The van der Waals surface area contributed by atoms with Gasteiger partial charge in [0.05, 0.1) is 12.2 Å². The summed E-state index contributed by atoms with van der Waals surface area (Å²) in [6.45, 7) is 2.94. The first-order chi connectivity index (χ1) is 5.70. The Morgan fingerprint density at radius 1 is 1.75 bits per heavy atom. The minimum Gasteiger partial charge on any atom is -0.369 e. The molecule has 1 fully saturated rings. The first-order valence-electron chi connectivity index (χ1n) is 3.69. The van der Waals surface area contributed by atoms with E-state index in [1.165, 1.54) is 0 Å². The maximum absolute atomic E-state index is 5.24. The molecule has 5 nitrogen and oxygen atoms in total. The maximum Gasteiger partial charge on any atom is 0.209 e. The van der Waals surface area contributed by atoms with Crippen molar-refractivity contribution in [2.75, 3.05) is 12.4 Å². The summed E-state index contributed by atoms with van der Waals surface area (Å²) in [5.41, 5.74) is 0.0661. The van der Waals surface area contributed by atoms with Crippen molar-refractivity contribution >= 4 is 11.8 Å². The van der Waals surface area contributed by atoms with Gasteiger partial charge in [-0.25, -0.2) is 4.68 Å². The largest absolute Gasteiger partial charge is 0.369 e. The first kappa shape index (κ1) is 8.00. The molecule has 1 atom stereocenters. The van der Waals surface area contributed by atoms with Gasteiger partial charge < -0.3 is 4.74 Å². The van der Waals surface area contributed by atoms with Crippen LogP contribution in [0.5, 0.6) is 0 Å². The number of hydrogen-bond acceptors (Lipinski definition) is 5. The van der Waals surface area contributed by atoms with Crippen molar-refractivity contribution < 1.29 is 4.74 Å². The molecule has 1 saturated heterocycles. The minimum absolute atomic E-state index is 0.0661. The van der Waals surface area contributed by atoms with E-state index in [0.717, 1.165) is 17.5 Å². The van der Waals surface area contributed by atoms with Gasteiger partial charge in [-0.1, -0.05) is 11.8 Å². The Balaban J connectivity index is 1.91. The minimum atomic E-state index is 0.0661. The van der Waals surface area contributed by atoms with Gasteiger partial charge in [0, 0.05) is 12.8 Å². The molecule has 0 saturated carbocycles. The summed E-state index contributed by atoms with van der Waals surface area (Å²) in [4.78, 5) is 0. The van der Waals surface area contributed by atoms with E-state index in [-0.39, 0.29) is 5.60 Å². The molecule has 1 aliphatic heterocycles. The third-order valence-corrected chi connectivity index (χ3v) is 3.08. The summed E-state index contributed by atoms with van der Waals surface area (Å²) in [7, 11) is 1.83. The highest BCUT2D eigenvalue weighted by Gasteiger charge is 2.39. The summed E-state index contributed by atoms with van der Waals surface area (Å²) in [5, 5.41) is 12.0. The van der Waals surface area contributed by atoms with Gasteiger partial charge in [0.15, 0.2) is 0 Å². The second kappa shape index (κ2) is 2.70. The van der Waals surface area contributed by atoms with Gasteiger partial charge in [0.2, 0.25) is 5.16 Å². The van der Waals surface area contributed by atoms with E-state index in [1.54, 1.807) is 16.4 Å². The molecule has 0 N–H and O–H groups in total. The SMILES string of the molecule is Cn1nnnc1SCC1(C)CO1. The van der Waals surface area contributed by atoms with Crippen LogP contribution in [0.3, 0.4) is 0 Å². The molecule has 0 aromatic carbocycles. The number of thioether (sulfide) groups is 1. The number of rotatable bonds is 3. The van der Waals surface area contributed by atoms with Gasteiger partial charge in [-0.05, 0) is 17.4 Å². The van der Waals surface area contributed by atoms with Gasteiger partial charge in [-0.15, -0.1) is 5.10 Å². The Kier molecular flexibility index (Phi) is 1.80. The summed E-state index contributed by atoms with van der Waals surface area (Å²) >= 11 is 1.62. The molecule has 66 valence electrons. The molecule has 0 amide bonds. The fraction of sp³-hybridized carbons (Fsp3) is 0.833. The molecule has 2 heterocycles. The average molecular weight is 186 g/mol. The van der Waals surface area contributed by atoms with Crippen LogP contribution < -0.4 is 0 Å². The third kappa shape index (κ3) is 1.59. The smallest absolute Gasteiger partial charge is 0.209 e. The van der Waals surface area contributed by atoms with Gasteiger partial charge >= 0.3 is 0 Å². The lowest BCUT2D eigenvalue weighted by atomic mass is 10.3. The Morgan fingerprint density at radius 2 is 2.50 bits per heavy atom. The van der Waals surface area contributed by atoms with Crippen LogP contribution in [0.25, 0.3) is 0 Å². The van der Waals surface area contributed by atoms with Gasteiger partial charge in [0.25, 0.3) is 0 Å². The van der Waals surface area contributed by atoms with Gasteiger partial charge in [0.1, 0.15) is 0 Å². The molecule has 6 heteroatoms. The van der Waals surface area contributed by atoms with Crippen molar-refractivity contribution in [2.24, 2.45) is 7.05 Å². The normalized spacial score (nSPS) is 27.5. The monoisotopic (exact) mass is 186 g/mol. The van der Waals surface area contributed by atoms with Crippen molar-refractivity contribution in [3.05, 3.63) is 0 Å². The number of ether oxygens (including phenoxy) is 1. The standard InChI is InChI=1S/C6H10N4OS/c1-6(3-11-6)4-12-5-7-8-9-10(5)2/h3-4H2,1-2H3. The van der Waals surface area contributed by atoms with Crippen LogP contribution in [0.2, 0.25) is 0 Å². The zero-order chi connectivity index (χ0) is 8.60. The Bertz CT molecular complexity index is 283. The zero-order valence-corrected chi connectivity index (χ0v) is 7.84. The second-order valence-electron chi connectivity index (χ2n) is 3.11. The van der Waals surface area contributed by atoms with Crippen LogP contribution in [0.4, 0.5) is 0 Å². The fourth-order valence-electron chi connectivity index (χ4n) is 0.767. The van der Waals surface area contributed by atoms with Gasteiger partial charge in [-0.2, -0.15) is 0 Å². The molecular weight excluding hydrogens is 176 g/mol. The highest BCUT2D eigenvalue weighted by atomic mass is 32.2. The lowest BCUT2D eigenvalue weighted by Gasteiger charge is -2.01. The molecule has 0 radical (unpaired) electrons. The highest BCUT2D eigenvalue weighted by Crippen LogP contribution is 2.32. The number of nitrogens with zero attached hydrogens (tertiary/aromatic N) is 4. The van der Waals surface area contributed by atoms with Crippen molar-refractivity contribution in [2.45, 2.75) is 17.7 Å². The molecule has 12 heavy (non-hydrogen) atoms. The average Bonchev–Trinajstić information content (AvgIpc) is 2.61. The number of hydrogen-bond donors (Lipinski definition) is 0. The summed E-state index contributed by atoms with van der Waals surface area (Å²) in [5.74, 6) is 0.918. The van der Waals surface area contributed by atoms with E-state index in [1.807, 2.05) is 7.05 Å². The molecule has 1 unspecified atom stereocenters. The summed E-state index contributed by atoms with van der Waals surface area (Å²) in [6, 6.07) is 0. The molecule has 0 aliphatic carbocycles. The number of tetrazole rings is 1. The van der Waals surface area contributed by atoms with E-state index >= 15 is 0 Å². The Hall–Kier alpha value is -0.620. The second-order valence-corrected chi connectivity index (χ2v) is 4.05. The molecular formula is C6H10N4OS. The number of epoxide rings is 1. The molecule has 1 aliphatic rings. The first-order valence-corrected chi connectivity index (χ1v) is 4.67. The van der Waals surface area contributed by atoms with Crippen LogP contribution in [0, 0.1) is 0 Å². The van der Waals surface area contributed by atoms with E-state index < -0.39 is 0 Å². The van der Waals surface area contributed by atoms with Crippen molar-refractivity contribution in [1.29, 1.82) is 0 Å². The van der Waals surface area contributed by atoms with Crippen LogP contribution in [-0.4, -0.2) is 38.2 Å². The van der Waals surface area contributed by atoms with Crippen LogP contribution in [0.15, 0.2) is 5.16 Å². The number of aryl methyl sites for hydroxylation is 1. The molecule has 1 aromatic heterocycles. The predicted molar refractivity (Wildman–Crippen MR) is 43.9 cm³/mol. The van der Waals surface area contributed by atoms with Crippen LogP contribution in [0.1, 0.15) is 6.92 Å². The molecule has 2 rings (SSSR count). The molecule has 1 aromatic rings. The number of aromatic nitrogens is 4. The summed E-state index contributed by atoms with van der Waals surface area (Å²) < 4.78 is 6.90. The third-order valence-electron chi connectivity index (χ3n) is 1.72. The Labute approximate surface area is 74.5 Å². The predicted octanol–water partition coefficient (Wildman–Crippen LogP) is 0.0911. The van der Waals surface area contributed by atoms with Gasteiger partial charge in [-0.3, -0.25) is 0 Å². The Morgan fingerprint density at radius 3 is 3.00 bits per heavy atom. The van der Waals surface area contributed by atoms with Crippen molar-refractivity contribution in [3.8, 4) is 0 Å². The van der Waals surface area contributed by atoms with E-state index in [4.69, 9.17) is 4.74 Å². The lowest BCUT2D eigenvalue weighted by Crippen LogP contribution is -2.08. The quantitative estimate of drug-likeness (QED) is 0.494. The van der Waals surface area contributed by atoms with Crippen molar-refractivity contribution in [3.63, 3.8) is 0 Å². The summed E-state index contributed by atoms with van der Waals surface area (Å²) in [6.07, 6.45) is 0. The zero-order valence-electron chi connectivity index (χ0n) is 7.02. The van der Waals surface area contributed by atoms with Crippen LogP contribution in [-0.2, 0) is 11.8 Å². The fourth-order valence-corrected chi connectivity index (χ4v) is 1.69. The van der Waals surface area contributed by atoms with E-state index in [9.17, 15) is 0 Å². The molecule has 0 spiro atoms. The topological polar surface area (TPSA) is 56.1 Å². The van der Waals surface area contributed by atoms with E-state index in [0.29, 0.717) is 0 Å². The van der Waals surface area contributed by atoms with E-state index in [2.05, 4.69) is 22.4 Å². The highest BCUT2D eigenvalue weighted by molar-refractivity contribution is 7.99. The maximum atomic E-state index is 5.24. The van der Waals surface area contributed by atoms with Crippen molar-refractivity contribution in [1.82, 2.24) is 20.2 Å². The lowest BCUT2D eigenvalue weighted by molar-refractivity contribution is 0.348.